The zero-order valence-electron chi connectivity index (χ0n) is 18.3. The van der Waals surface area contributed by atoms with E-state index in [1.807, 2.05) is 35.9 Å². The third-order valence-electron chi connectivity index (χ3n) is 5.06. The molecule has 0 aliphatic rings. The Morgan fingerprint density at radius 2 is 1.94 bits per heavy atom. The molecule has 4 rings (SSSR count). The lowest BCUT2D eigenvalue weighted by molar-refractivity contribution is -0.116. The standard InChI is InChI=1S/C25H23ClN4O3/c1-17-7-6-12-30-14-20(28-24(17)30)16-33-22-11-4-3-10-21(22)25(32)29(2)15-23(31)27-19-9-5-8-18(26)13-19/h3-14H,15-16H2,1-2H3,(H,27,31). The first-order valence-corrected chi connectivity index (χ1v) is 10.7. The molecule has 0 spiro atoms. The minimum atomic E-state index is -0.327. The second kappa shape index (κ2) is 9.75. The summed E-state index contributed by atoms with van der Waals surface area (Å²) in [5, 5.41) is 3.26. The monoisotopic (exact) mass is 462 g/mol. The van der Waals surface area contributed by atoms with Gasteiger partial charge in [0, 0.05) is 30.2 Å². The van der Waals surface area contributed by atoms with E-state index in [1.54, 1.807) is 55.6 Å². The lowest BCUT2D eigenvalue weighted by Gasteiger charge is -2.19. The van der Waals surface area contributed by atoms with Crippen LogP contribution in [0.15, 0.2) is 73.1 Å². The Kier molecular flexibility index (Phi) is 6.60. The number of hydrogen-bond acceptors (Lipinski definition) is 4. The Balaban J connectivity index is 1.42. The maximum absolute atomic E-state index is 13.0. The number of pyridine rings is 1. The molecular formula is C25H23ClN4O3. The van der Waals surface area contributed by atoms with Gasteiger partial charge in [0.15, 0.2) is 0 Å². The van der Waals surface area contributed by atoms with E-state index in [1.165, 1.54) is 4.90 Å². The zero-order chi connectivity index (χ0) is 23.4. The number of amides is 2. The Hall–Kier alpha value is -3.84. The number of likely N-dealkylation sites (N-methyl/N-ethyl adjacent to an activating group) is 1. The van der Waals surface area contributed by atoms with Crippen LogP contribution in [-0.4, -0.2) is 39.7 Å². The number of benzene rings is 2. The van der Waals surface area contributed by atoms with Crippen molar-refractivity contribution in [2.24, 2.45) is 0 Å². The minimum absolute atomic E-state index is 0.120. The number of halogens is 1. The van der Waals surface area contributed by atoms with Crippen molar-refractivity contribution in [1.29, 1.82) is 0 Å². The van der Waals surface area contributed by atoms with Crippen molar-refractivity contribution in [1.82, 2.24) is 14.3 Å². The summed E-state index contributed by atoms with van der Waals surface area (Å²) in [6.45, 7) is 2.09. The summed E-state index contributed by atoms with van der Waals surface area (Å²) >= 11 is 5.95. The predicted octanol–water partition coefficient (Wildman–Crippen LogP) is 4.59. The summed E-state index contributed by atoms with van der Waals surface area (Å²) in [5.41, 5.74) is 3.62. The van der Waals surface area contributed by atoms with Gasteiger partial charge in [-0.15, -0.1) is 0 Å². The third kappa shape index (κ3) is 5.32. The molecule has 2 aromatic carbocycles. The molecule has 0 atom stereocenters. The fraction of sp³-hybridized carbons (Fsp3) is 0.160. The van der Waals surface area contributed by atoms with Crippen molar-refractivity contribution in [2.45, 2.75) is 13.5 Å². The van der Waals surface area contributed by atoms with Crippen LogP contribution in [0.2, 0.25) is 5.02 Å². The van der Waals surface area contributed by atoms with Crippen LogP contribution < -0.4 is 10.1 Å². The maximum Gasteiger partial charge on any atom is 0.257 e. The topological polar surface area (TPSA) is 75.9 Å². The van der Waals surface area contributed by atoms with E-state index in [0.717, 1.165) is 16.9 Å². The van der Waals surface area contributed by atoms with Gasteiger partial charge in [-0.1, -0.05) is 35.9 Å². The summed E-state index contributed by atoms with van der Waals surface area (Å²) < 4.78 is 7.88. The van der Waals surface area contributed by atoms with Crippen LogP contribution >= 0.6 is 11.6 Å². The number of nitrogens with one attached hydrogen (secondary N) is 1. The van der Waals surface area contributed by atoms with E-state index < -0.39 is 0 Å². The number of imidazole rings is 1. The first-order valence-electron chi connectivity index (χ1n) is 10.4. The molecule has 0 aliphatic carbocycles. The second-order valence-electron chi connectivity index (χ2n) is 7.66. The molecule has 1 N–H and O–H groups in total. The van der Waals surface area contributed by atoms with E-state index in [4.69, 9.17) is 16.3 Å². The van der Waals surface area contributed by atoms with Gasteiger partial charge in [-0.25, -0.2) is 4.98 Å². The molecule has 0 bridgehead atoms. The average Bonchev–Trinajstić information content (AvgIpc) is 3.22. The molecule has 33 heavy (non-hydrogen) atoms. The fourth-order valence-electron chi connectivity index (χ4n) is 3.45. The highest BCUT2D eigenvalue weighted by molar-refractivity contribution is 6.30. The Bertz CT molecular complexity index is 1320. The van der Waals surface area contributed by atoms with Gasteiger partial charge >= 0.3 is 0 Å². The first kappa shape index (κ1) is 22.4. The molecule has 0 unspecified atom stereocenters. The van der Waals surface area contributed by atoms with E-state index >= 15 is 0 Å². The van der Waals surface area contributed by atoms with Crippen LogP contribution in [0, 0.1) is 6.92 Å². The highest BCUT2D eigenvalue weighted by atomic mass is 35.5. The smallest absolute Gasteiger partial charge is 0.257 e. The van der Waals surface area contributed by atoms with Crippen molar-refractivity contribution in [3.63, 3.8) is 0 Å². The number of carbonyl (C=O) groups is 2. The minimum Gasteiger partial charge on any atom is -0.486 e. The molecule has 7 nitrogen and oxygen atoms in total. The van der Waals surface area contributed by atoms with Crippen molar-refractivity contribution in [2.75, 3.05) is 18.9 Å². The van der Waals surface area contributed by atoms with Gasteiger partial charge in [0.2, 0.25) is 5.91 Å². The number of ether oxygens (including phenoxy) is 1. The van der Waals surface area contributed by atoms with Gasteiger partial charge in [-0.2, -0.15) is 0 Å². The number of hydrogen-bond donors (Lipinski definition) is 1. The maximum atomic E-state index is 13.0. The van der Waals surface area contributed by atoms with Crippen LogP contribution in [0.25, 0.3) is 5.65 Å². The summed E-state index contributed by atoms with van der Waals surface area (Å²) in [7, 11) is 1.57. The number of nitrogens with zero attached hydrogens (tertiary/aromatic N) is 3. The fourth-order valence-corrected chi connectivity index (χ4v) is 3.64. The first-order chi connectivity index (χ1) is 15.9. The lowest BCUT2D eigenvalue weighted by Crippen LogP contribution is -2.35. The van der Waals surface area contributed by atoms with E-state index in [9.17, 15) is 9.59 Å². The normalized spacial score (nSPS) is 10.8. The number of anilines is 1. The number of rotatable bonds is 7. The summed E-state index contributed by atoms with van der Waals surface area (Å²) in [4.78, 5) is 31.4. The number of aromatic nitrogens is 2. The molecule has 4 aromatic rings. The van der Waals surface area contributed by atoms with Crippen molar-refractivity contribution in [3.05, 3.63) is 94.9 Å². The lowest BCUT2D eigenvalue weighted by atomic mass is 10.1. The van der Waals surface area contributed by atoms with Gasteiger partial charge in [-0.3, -0.25) is 9.59 Å². The molecule has 0 aliphatic heterocycles. The van der Waals surface area contributed by atoms with Crippen LogP contribution in [0.5, 0.6) is 5.75 Å². The molecule has 8 heteroatoms. The van der Waals surface area contributed by atoms with Crippen molar-refractivity contribution < 1.29 is 14.3 Å². The van der Waals surface area contributed by atoms with Crippen LogP contribution in [0.4, 0.5) is 5.69 Å². The summed E-state index contributed by atoms with van der Waals surface area (Å²) in [6, 6.07) is 17.8. The van der Waals surface area contributed by atoms with Gasteiger partial charge in [-0.05, 0) is 48.9 Å². The Morgan fingerprint density at radius 3 is 2.73 bits per heavy atom. The van der Waals surface area contributed by atoms with Crippen LogP contribution in [-0.2, 0) is 11.4 Å². The predicted molar refractivity (Wildman–Crippen MR) is 128 cm³/mol. The Labute approximate surface area is 196 Å². The van der Waals surface area contributed by atoms with Gasteiger partial charge in [0.1, 0.15) is 18.0 Å². The number of carbonyl (C=O) groups excluding carboxylic acids is 2. The molecule has 0 radical (unpaired) electrons. The molecular weight excluding hydrogens is 440 g/mol. The average molecular weight is 463 g/mol. The molecule has 2 amide bonds. The molecule has 2 aromatic heterocycles. The van der Waals surface area contributed by atoms with E-state index in [0.29, 0.717) is 22.0 Å². The molecule has 0 saturated heterocycles. The molecule has 0 saturated carbocycles. The quantitative estimate of drug-likeness (QED) is 0.436. The van der Waals surface area contributed by atoms with Crippen LogP contribution in [0.3, 0.4) is 0 Å². The number of para-hydroxylation sites is 1. The zero-order valence-corrected chi connectivity index (χ0v) is 19.0. The second-order valence-corrected chi connectivity index (χ2v) is 8.10. The number of fused-ring (bicyclic) bond motifs is 1. The van der Waals surface area contributed by atoms with Crippen LogP contribution in [0.1, 0.15) is 21.6 Å². The van der Waals surface area contributed by atoms with Crippen molar-refractivity contribution in [3.8, 4) is 5.75 Å². The SMILES string of the molecule is Cc1cccn2cc(COc3ccccc3C(=O)N(C)CC(=O)Nc3cccc(Cl)c3)nc12. The molecule has 2 heterocycles. The van der Waals surface area contributed by atoms with Gasteiger partial charge in [0.25, 0.3) is 5.91 Å². The van der Waals surface area contributed by atoms with Crippen molar-refractivity contribution >= 4 is 34.7 Å². The largest absolute Gasteiger partial charge is 0.486 e. The highest BCUT2D eigenvalue weighted by Gasteiger charge is 2.19. The highest BCUT2D eigenvalue weighted by Crippen LogP contribution is 2.21. The van der Waals surface area contributed by atoms with Gasteiger partial charge < -0.3 is 19.4 Å². The summed E-state index contributed by atoms with van der Waals surface area (Å²) in [6.07, 6.45) is 3.83. The number of aryl methyl sites for hydroxylation is 1. The Morgan fingerprint density at radius 1 is 1.12 bits per heavy atom. The summed E-state index contributed by atoms with van der Waals surface area (Å²) in [5.74, 6) is -0.220. The third-order valence-corrected chi connectivity index (χ3v) is 5.29. The van der Waals surface area contributed by atoms with E-state index in [-0.39, 0.29) is 25.0 Å². The molecule has 0 fully saturated rings. The van der Waals surface area contributed by atoms with Gasteiger partial charge in [0.05, 0.1) is 17.8 Å². The molecule has 168 valence electrons. The van der Waals surface area contributed by atoms with E-state index in [2.05, 4.69) is 10.3 Å².